The molecule has 0 bridgehead atoms. The third-order valence-corrected chi connectivity index (χ3v) is 9.45. The highest BCUT2D eigenvalue weighted by Gasteiger charge is 2.16. The Kier molecular flexibility index (Phi) is 40.0. The van der Waals surface area contributed by atoms with Crippen LogP contribution in [0.4, 0.5) is 0 Å². The first-order valence-corrected chi connectivity index (χ1v) is 21.5. The smallest absolute Gasteiger partial charge is 0.306 e. The molecule has 0 saturated heterocycles. The molecule has 0 aliphatic rings. The third-order valence-electron chi connectivity index (χ3n) is 9.45. The Bertz CT molecular complexity index is 801. The number of carbonyl (C=O) groups excluding carboxylic acids is 2. The van der Waals surface area contributed by atoms with Crippen LogP contribution in [0.25, 0.3) is 0 Å². The van der Waals surface area contributed by atoms with E-state index in [-0.39, 0.29) is 25.2 Å². The van der Waals surface area contributed by atoms with Crippen LogP contribution in [0.2, 0.25) is 0 Å². The zero-order valence-electron chi connectivity index (χ0n) is 33.2. The molecule has 5 nitrogen and oxygen atoms in total. The lowest BCUT2D eigenvalue weighted by atomic mass is 10.0. The molecule has 0 saturated carbocycles. The van der Waals surface area contributed by atoms with Crippen LogP contribution in [-0.4, -0.2) is 36.4 Å². The van der Waals surface area contributed by atoms with Gasteiger partial charge in [-0.05, 0) is 44.9 Å². The molecule has 0 aliphatic heterocycles. The minimum absolute atomic E-state index is 0.0721. The standard InChI is InChI=1S/C45H82O5/c1-3-5-7-9-11-13-15-17-19-20-21-22-23-24-26-28-30-32-34-36-38-40-45(48)50-43(41-46)42-49-44(47)39-37-35-33-31-29-27-25-18-16-14-12-10-8-6-4-2/h6,8,12,14,18,25,43,46H,3-5,7,9-11,13,15-17,19-24,26-42H2,1-2H3/b8-6-,14-12-,25-18-/t43-/m0/s1. The van der Waals surface area contributed by atoms with E-state index in [9.17, 15) is 14.7 Å². The van der Waals surface area contributed by atoms with Gasteiger partial charge >= 0.3 is 11.9 Å². The van der Waals surface area contributed by atoms with Crippen LogP contribution in [0.15, 0.2) is 36.5 Å². The van der Waals surface area contributed by atoms with Gasteiger partial charge in [-0.15, -0.1) is 0 Å². The van der Waals surface area contributed by atoms with Crippen molar-refractivity contribution in [1.82, 2.24) is 0 Å². The maximum Gasteiger partial charge on any atom is 0.306 e. The normalized spacial score (nSPS) is 12.5. The van der Waals surface area contributed by atoms with E-state index in [4.69, 9.17) is 9.47 Å². The van der Waals surface area contributed by atoms with Gasteiger partial charge in [0.05, 0.1) is 6.61 Å². The predicted molar refractivity (Wildman–Crippen MR) is 214 cm³/mol. The highest BCUT2D eigenvalue weighted by molar-refractivity contribution is 5.70. The van der Waals surface area contributed by atoms with Gasteiger partial charge in [0.2, 0.25) is 0 Å². The summed E-state index contributed by atoms with van der Waals surface area (Å²) in [5.74, 6) is -0.603. The summed E-state index contributed by atoms with van der Waals surface area (Å²) in [4.78, 5) is 24.3. The fraction of sp³-hybridized carbons (Fsp3) is 0.822. The number of allylic oxidation sites excluding steroid dienone is 6. The average Bonchev–Trinajstić information content (AvgIpc) is 3.12. The molecule has 0 rings (SSSR count). The number of ether oxygens (including phenoxy) is 2. The van der Waals surface area contributed by atoms with Crippen molar-refractivity contribution in [2.45, 2.75) is 225 Å². The molecule has 50 heavy (non-hydrogen) atoms. The van der Waals surface area contributed by atoms with Crippen LogP contribution < -0.4 is 0 Å². The van der Waals surface area contributed by atoms with E-state index >= 15 is 0 Å². The first-order chi connectivity index (χ1) is 24.6. The van der Waals surface area contributed by atoms with Gasteiger partial charge in [0, 0.05) is 12.8 Å². The second kappa shape index (κ2) is 41.5. The molecule has 1 atom stereocenters. The fourth-order valence-corrected chi connectivity index (χ4v) is 6.22. The minimum atomic E-state index is -0.775. The van der Waals surface area contributed by atoms with Gasteiger partial charge < -0.3 is 14.6 Å². The summed E-state index contributed by atoms with van der Waals surface area (Å²) < 4.78 is 10.6. The molecule has 0 aromatic carbocycles. The molecule has 292 valence electrons. The second-order valence-corrected chi connectivity index (χ2v) is 14.4. The summed E-state index contributed by atoms with van der Waals surface area (Å²) in [5.41, 5.74) is 0. The Morgan fingerprint density at radius 3 is 1.30 bits per heavy atom. The first-order valence-electron chi connectivity index (χ1n) is 21.5. The molecule has 5 heteroatoms. The summed E-state index contributed by atoms with van der Waals surface area (Å²) in [6.45, 7) is 4.03. The van der Waals surface area contributed by atoms with Crippen molar-refractivity contribution in [3.05, 3.63) is 36.5 Å². The van der Waals surface area contributed by atoms with Crippen molar-refractivity contribution < 1.29 is 24.2 Å². The van der Waals surface area contributed by atoms with Gasteiger partial charge in [-0.2, -0.15) is 0 Å². The van der Waals surface area contributed by atoms with E-state index in [0.717, 1.165) is 64.2 Å². The Balaban J connectivity index is 3.51. The van der Waals surface area contributed by atoms with Crippen molar-refractivity contribution in [2.75, 3.05) is 13.2 Å². The van der Waals surface area contributed by atoms with E-state index in [2.05, 4.69) is 50.3 Å². The maximum atomic E-state index is 12.2. The molecule has 0 radical (unpaired) electrons. The number of unbranched alkanes of at least 4 members (excludes halogenated alkanes) is 25. The van der Waals surface area contributed by atoms with Crippen LogP contribution in [0.5, 0.6) is 0 Å². The number of esters is 2. The lowest BCUT2D eigenvalue weighted by molar-refractivity contribution is -0.161. The van der Waals surface area contributed by atoms with Gasteiger partial charge in [0.15, 0.2) is 6.10 Å². The molecule has 0 unspecified atom stereocenters. The number of hydrogen-bond donors (Lipinski definition) is 1. The molecule has 0 aromatic heterocycles. The zero-order chi connectivity index (χ0) is 36.4. The van der Waals surface area contributed by atoms with E-state index in [1.54, 1.807) is 0 Å². The van der Waals surface area contributed by atoms with Gasteiger partial charge in [0.25, 0.3) is 0 Å². The summed E-state index contributed by atoms with van der Waals surface area (Å²) in [6.07, 6.45) is 50.8. The van der Waals surface area contributed by atoms with Gasteiger partial charge in [-0.1, -0.05) is 198 Å². The molecular formula is C45H82O5. The first kappa shape index (κ1) is 48.1. The van der Waals surface area contributed by atoms with Gasteiger partial charge in [-0.3, -0.25) is 9.59 Å². The van der Waals surface area contributed by atoms with Gasteiger partial charge in [-0.25, -0.2) is 0 Å². The van der Waals surface area contributed by atoms with E-state index < -0.39 is 6.10 Å². The van der Waals surface area contributed by atoms with Crippen LogP contribution in [-0.2, 0) is 19.1 Å². The quantitative estimate of drug-likeness (QED) is 0.0392. The largest absolute Gasteiger partial charge is 0.462 e. The Morgan fingerprint density at radius 1 is 0.480 bits per heavy atom. The minimum Gasteiger partial charge on any atom is -0.462 e. The summed E-state index contributed by atoms with van der Waals surface area (Å²) >= 11 is 0. The summed E-state index contributed by atoms with van der Waals surface area (Å²) in [5, 5.41) is 9.57. The topological polar surface area (TPSA) is 72.8 Å². The lowest BCUT2D eigenvalue weighted by Gasteiger charge is -2.15. The lowest BCUT2D eigenvalue weighted by Crippen LogP contribution is -2.28. The monoisotopic (exact) mass is 703 g/mol. The average molecular weight is 703 g/mol. The summed E-state index contributed by atoms with van der Waals surface area (Å²) in [6, 6.07) is 0. The molecular weight excluding hydrogens is 620 g/mol. The van der Waals surface area contributed by atoms with Crippen LogP contribution in [0.1, 0.15) is 219 Å². The SMILES string of the molecule is CC/C=C\C/C=C\C/C=C\CCCCCCCC(=O)OC[C@H](CO)OC(=O)CCCCCCCCCCCCCCCCCCCCCCC. The summed E-state index contributed by atoms with van der Waals surface area (Å²) in [7, 11) is 0. The predicted octanol–water partition coefficient (Wildman–Crippen LogP) is 13.6. The van der Waals surface area contributed by atoms with E-state index in [1.165, 1.54) is 128 Å². The van der Waals surface area contributed by atoms with Crippen LogP contribution in [0.3, 0.4) is 0 Å². The molecule has 0 amide bonds. The van der Waals surface area contributed by atoms with Crippen molar-refractivity contribution in [3.8, 4) is 0 Å². The number of aliphatic hydroxyl groups excluding tert-OH is 1. The van der Waals surface area contributed by atoms with E-state index in [0.29, 0.717) is 12.8 Å². The molecule has 0 spiro atoms. The number of rotatable bonds is 39. The molecule has 0 aliphatic carbocycles. The highest BCUT2D eigenvalue weighted by Crippen LogP contribution is 2.16. The van der Waals surface area contributed by atoms with Crippen molar-refractivity contribution in [2.24, 2.45) is 0 Å². The maximum absolute atomic E-state index is 12.2. The molecule has 0 aromatic rings. The number of hydrogen-bond acceptors (Lipinski definition) is 5. The highest BCUT2D eigenvalue weighted by atomic mass is 16.6. The number of aliphatic hydroxyl groups is 1. The van der Waals surface area contributed by atoms with E-state index in [1.807, 2.05) is 0 Å². The van der Waals surface area contributed by atoms with Crippen molar-refractivity contribution in [1.29, 1.82) is 0 Å². The Hall–Kier alpha value is -1.88. The fourth-order valence-electron chi connectivity index (χ4n) is 6.22. The van der Waals surface area contributed by atoms with Crippen LogP contribution in [0, 0.1) is 0 Å². The Morgan fingerprint density at radius 2 is 0.860 bits per heavy atom. The van der Waals surface area contributed by atoms with Crippen molar-refractivity contribution in [3.63, 3.8) is 0 Å². The molecule has 0 heterocycles. The van der Waals surface area contributed by atoms with Crippen molar-refractivity contribution >= 4 is 11.9 Å². The van der Waals surface area contributed by atoms with Crippen LogP contribution >= 0.6 is 0 Å². The third kappa shape index (κ3) is 38.9. The second-order valence-electron chi connectivity index (χ2n) is 14.4. The molecule has 0 fully saturated rings. The Labute approximate surface area is 310 Å². The van der Waals surface area contributed by atoms with Gasteiger partial charge in [0.1, 0.15) is 6.61 Å². The number of carbonyl (C=O) groups is 2. The molecule has 1 N–H and O–H groups in total. The zero-order valence-corrected chi connectivity index (χ0v) is 33.2.